The van der Waals surface area contributed by atoms with Crippen LogP contribution < -0.4 is 5.32 Å². The number of H-pyrrole nitrogens is 1. The van der Waals surface area contributed by atoms with Crippen molar-refractivity contribution in [3.05, 3.63) is 60.2 Å². The quantitative estimate of drug-likeness (QED) is 0.631. The zero-order chi connectivity index (χ0) is 18.5. The number of para-hydroxylation sites is 1. The Kier molecular flexibility index (Phi) is 5.52. The average molecular weight is 348 g/mol. The third-order valence-corrected chi connectivity index (χ3v) is 4.82. The fraction of sp³-hybridized carbons (Fsp3) is 0.273. The largest absolute Gasteiger partial charge is 0.354 e. The lowest BCUT2D eigenvalue weighted by Gasteiger charge is -2.09. The van der Waals surface area contributed by atoms with Crippen molar-refractivity contribution in [2.24, 2.45) is 5.92 Å². The molecule has 0 saturated carbocycles. The maximum atomic E-state index is 12.0. The van der Waals surface area contributed by atoms with Crippen molar-refractivity contribution in [3.8, 4) is 11.3 Å². The summed E-state index contributed by atoms with van der Waals surface area (Å²) in [6.45, 7) is 4.13. The summed E-state index contributed by atoms with van der Waals surface area (Å²) in [4.78, 5) is 27.5. The van der Waals surface area contributed by atoms with Crippen molar-refractivity contribution in [2.45, 2.75) is 26.7 Å². The van der Waals surface area contributed by atoms with Crippen molar-refractivity contribution in [3.63, 3.8) is 0 Å². The van der Waals surface area contributed by atoms with Crippen LogP contribution in [0.15, 0.2) is 54.6 Å². The lowest BCUT2D eigenvalue weighted by atomic mass is 10.0. The van der Waals surface area contributed by atoms with Gasteiger partial charge in [-0.05, 0) is 30.0 Å². The maximum Gasteiger partial charge on any atom is 0.287 e. The molecule has 0 bridgehead atoms. The zero-order valence-corrected chi connectivity index (χ0v) is 15.2. The third-order valence-electron chi connectivity index (χ3n) is 4.82. The van der Waals surface area contributed by atoms with Crippen LogP contribution in [-0.4, -0.2) is 23.2 Å². The Morgan fingerprint density at radius 2 is 1.73 bits per heavy atom. The van der Waals surface area contributed by atoms with E-state index in [0.29, 0.717) is 19.4 Å². The number of benzene rings is 2. The summed E-state index contributed by atoms with van der Waals surface area (Å²) in [6, 6.07) is 18.3. The van der Waals surface area contributed by atoms with Gasteiger partial charge < -0.3 is 10.3 Å². The molecule has 0 fully saturated rings. The molecular weight excluding hydrogens is 324 g/mol. The standard InChI is InChI=1S/C22H24N2O2/c1-3-15(2)21(25)22(26)23-14-13-18-17-11-7-8-12-19(17)24-20(18)16-9-5-4-6-10-16/h4-12,15,24H,3,13-14H2,1-2H3,(H,23,26)/t15-/m0/s1. The fourth-order valence-electron chi connectivity index (χ4n) is 3.11. The van der Waals surface area contributed by atoms with E-state index >= 15 is 0 Å². The predicted octanol–water partition coefficient (Wildman–Crippen LogP) is 4.11. The molecule has 0 radical (unpaired) electrons. The van der Waals surface area contributed by atoms with Gasteiger partial charge in [0.2, 0.25) is 5.78 Å². The van der Waals surface area contributed by atoms with Crippen LogP contribution in [0.3, 0.4) is 0 Å². The highest BCUT2D eigenvalue weighted by Crippen LogP contribution is 2.30. The summed E-state index contributed by atoms with van der Waals surface area (Å²) >= 11 is 0. The Labute approximate surface area is 153 Å². The molecule has 0 aliphatic carbocycles. The van der Waals surface area contributed by atoms with Crippen molar-refractivity contribution in [2.75, 3.05) is 6.54 Å². The van der Waals surface area contributed by atoms with Crippen molar-refractivity contribution in [1.29, 1.82) is 0 Å². The number of aromatic nitrogens is 1. The topological polar surface area (TPSA) is 62.0 Å². The molecule has 1 aromatic heterocycles. The summed E-state index contributed by atoms with van der Waals surface area (Å²) in [7, 11) is 0. The first-order chi connectivity index (χ1) is 12.6. The van der Waals surface area contributed by atoms with E-state index in [0.717, 1.165) is 27.7 Å². The third kappa shape index (κ3) is 3.69. The van der Waals surface area contributed by atoms with Gasteiger partial charge in [0.25, 0.3) is 5.91 Å². The van der Waals surface area contributed by atoms with Crippen molar-refractivity contribution >= 4 is 22.6 Å². The number of ketones is 1. The van der Waals surface area contributed by atoms with Gasteiger partial charge in [0.1, 0.15) is 0 Å². The summed E-state index contributed by atoms with van der Waals surface area (Å²) in [5, 5.41) is 3.92. The summed E-state index contributed by atoms with van der Waals surface area (Å²) in [5.41, 5.74) is 4.40. The second-order valence-electron chi connectivity index (χ2n) is 6.57. The molecule has 0 aliphatic rings. The molecule has 134 valence electrons. The Morgan fingerprint density at radius 1 is 1.04 bits per heavy atom. The van der Waals surface area contributed by atoms with E-state index in [-0.39, 0.29) is 11.7 Å². The Balaban J connectivity index is 1.81. The van der Waals surface area contributed by atoms with Crippen LogP contribution >= 0.6 is 0 Å². The molecule has 1 amide bonds. The van der Waals surface area contributed by atoms with Gasteiger partial charge in [-0.2, -0.15) is 0 Å². The minimum Gasteiger partial charge on any atom is -0.354 e. The number of carbonyl (C=O) groups excluding carboxylic acids is 2. The van der Waals surface area contributed by atoms with Crippen LogP contribution in [0.2, 0.25) is 0 Å². The first kappa shape index (κ1) is 17.9. The van der Waals surface area contributed by atoms with Gasteiger partial charge in [0, 0.05) is 29.1 Å². The highest BCUT2D eigenvalue weighted by molar-refractivity contribution is 6.36. The fourth-order valence-corrected chi connectivity index (χ4v) is 3.11. The van der Waals surface area contributed by atoms with Gasteiger partial charge >= 0.3 is 0 Å². The van der Waals surface area contributed by atoms with Crippen molar-refractivity contribution < 1.29 is 9.59 Å². The number of carbonyl (C=O) groups is 2. The number of nitrogens with one attached hydrogen (secondary N) is 2. The number of rotatable bonds is 7. The van der Waals surface area contributed by atoms with E-state index in [9.17, 15) is 9.59 Å². The summed E-state index contributed by atoms with van der Waals surface area (Å²) in [5.74, 6) is -1.06. The molecule has 4 nitrogen and oxygen atoms in total. The van der Waals surface area contributed by atoms with E-state index in [1.165, 1.54) is 0 Å². The summed E-state index contributed by atoms with van der Waals surface area (Å²) < 4.78 is 0. The number of hydrogen-bond acceptors (Lipinski definition) is 2. The number of amides is 1. The Bertz CT molecular complexity index is 912. The number of fused-ring (bicyclic) bond motifs is 1. The molecule has 3 aromatic rings. The first-order valence-electron chi connectivity index (χ1n) is 9.08. The van der Waals surface area contributed by atoms with E-state index in [1.54, 1.807) is 6.92 Å². The Hall–Kier alpha value is -2.88. The smallest absolute Gasteiger partial charge is 0.287 e. The van der Waals surface area contributed by atoms with Gasteiger partial charge in [-0.25, -0.2) is 0 Å². The van der Waals surface area contributed by atoms with Crippen LogP contribution in [0, 0.1) is 5.92 Å². The second kappa shape index (κ2) is 8.00. The van der Waals surface area contributed by atoms with Gasteiger partial charge in [-0.1, -0.05) is 62.4 Å². The molecule has 2 N–H and O–H groups in total. The SMILES string of the molecule is CC[C@H](C)C(=O)C(=O)NCCc1c(-c2ccccc2)[nH]c2ccccc12. The predicted molar refractivity (Wildman–Crippen MR) is 105 cm³/mol. The average Bonchev–Trinajstić information content (AvgIpc) is 3.06. The second-order valence-corrected chi connectivity index (χ2v) is 6.57. The maximum absolute atomic E-state index is 12.0. The van der Waals surface area contributed by atoms with Gasteiger partial charge in [-0.15, -0.1) is 0 Å². The normalized spacial score (nSPS) is 12.1. The number of Topliss-reactive ketones (excluding diaryl/α,β-unsaturated/α-hetero) is 1. The van der Waals surface area contributed by atoms with E-state index < -0.39 is 5.91 Å². The minimum atomic E-state index is -0.486. The number of aromatic amines is 1. The molecule has 2 aromatic carbocycles. The molecule has 1 heterocycles. The molecule has 0 spiro atoms. The first-order valence-corrected chi connectivity index (χ1v) is 9.08. The van der Waals surface area contributed by atoms with Gasteiger partial charge in [0.15, 0.2) is 0 Å². The molecular formula is C22H24N2O2. The van der Waals surface area contributed by atoms with Gasteiger partial charge in [-0.3, -0.25) is 9.59 Å². The van der Waals surface area contributed by atoms with E-state index in [2.05, 4.69) is 34.6 Å². The number of hydrogen-bond donors (Lipinski definition) is 2. The molecule has 26 heavy (non-hydrogen) atoms. The monoisotopic (exact) mass is 348 g/mol. The lowest BCUT2D eigenvalue weighted by molar-refractivity contribution is -0.140. The van der Waals surface area contributed by atoms with Crippen LogP contribution in [0.4, 0.5) is 0 Å². The Morgan fingerprint density at radius 3 is 2.46 bits per heavy atom. The van der Waals surface area contributed by atoms with Crippen LogP contribution in [0.5, 0.6) is 0 Å². The van der Waals surface area contributed by atoms with Crippen molar-refractivity contribution in [1.82, 2.24) is 10.3 Å². The molecule has 0 unspecified atom stereocenters. The minimum absolute atomic E-state index is 0.233. The van der Waals surface area contributed by atoms with Crippen LogP contribution in [0.1, 0.15) is 25.8 Å². The lowest BCUT2D eigenvalue weighted by Crippen LogP contribution is -2.35. The zero-order valence-electron chi connectivity index (χ0n) is 15.2. The molecule has 3 rings (SSSR count). The molecule has 1 atom stereocenters. The summed E-state index contributed by atoms with van der Waals surface area (Å²) in [6.07, 6.45) is 1.33. The van der Waals surface area contributed by atoms with Gasteiger partial charge in [0.05, 0.1) is 0 Å². The highest BCUT2D eigenvalue weighted by atomic mass is 16.2. The van der Waals surface area contributed by atoms with E-state index in [4.69, 9.17) is 0 Å². The van der Waals surface area contributed by atoms with E-state index in [1.807, 2.05) is 37.3 Å². The van der Waals surface area contributed by atoms with Crippen LogP contribution in [-0.2, 0) is 16.0 Å². The highest BCUT2D eigenvalue weighted by Gasteiger charge is 2.19. The molecule has 0 aliphatic heterocycles. The van der Waals surface area contributed by atoms with Crippen LogP contribution in [0.25, 0.3) is 22.2 Å². The molecule has 0 saturated heterocycles. The molecule has 4 heteroatoms.